The largest absolute Gasteiger partial charge is 0.226 e. The fourth-order valence-corrected chi connectivity index (χ4v) is 2.08. The van der Waals surface area contributed by atoms with E-state index in [2.05, 4.69) is 4.98 Å². The molecule has 0 atom stereocenters. The number of hydrogen-bond acceptors (Lipinski definition) is 3. The van der Waals surface area contributed by atoms with Crippen molar-refractivity contribution in [3.63, 3.8) is 0 Å². The molecule has 1 aromatic heterocycles. The van der Waals surface area contributed by atoms with E-state index < -0.39 is 14.0 Å². The van der Waals surface area contributed by atoms with E-state index in [1.165, 1.54) is 18.2 Å². The highest BCUT2D eigenvalue weighted by Crippen LogP contribution is 2.20. The summed E-state index contributed by atoms with van der Waals surface area (Å²) >= 11 is 16.0. The van der Waals surface area contributed by atoms with Crippen molar-refractivity contribution in [3.05, 3.63) is 23.4 Å². The molecule has 13 heavy (non-hydrogen) atoms. The summed E-state index contributed by atoms with van der Waals surface area (Å²) in [5.41, 5.74) is 0. The van der Waals surface area contributed by atoms with E-state index in [1.807, 2.05) is 0 Å². The van der Waals surface area contributed by atoms with Gasteiger partial charge in [0.05, 0.1) is 0 Å². The summed E-state index contributed by atoms with van der Waals surface area (Å²) in [7, 11) is -3.76. The van der Waals surface area contributed by atoms with Crippen molar-refractivity contribution in [1.29, 1.82) is 0 Å². The summed E-state index contributed by atoms with van der Waals surface area (Å²) in [6, 6.07) is 4.19. The molecule has 3 nitrogen and oxygen atoms in total. The van der Waals surface area contributed by atoms with Crippen LogP contribution >= 0.6 is 34.8 Å². The van der Waals surface area contributed by atoms with Crippen LogP contribution in [0.5, 0.6) is 0 Å². The standard InChI is InChI=1S/C6H4Cl3NO2S/c7-4-2-1-3-5(10-4)13(11,12)6(8)9/h1-3,6H. The topological polar surface area (TPSA) is 47.0 Å². The Bertz CT molecular complexity index is 404. The van der Waals surface area contributed by atoms with E-state index in [-0.39, 0.29) is 10.2 Å². The van der Waals surface area contributed by atoms with Crippen molar-refractivity contribution in [2.45, 2.75) is 9.19 Å². The van der Waals surface area contributed by atoms with Gasteiger partial charge in [-0.05, 0) is 12.1 Å². The Labute approximate surface area is 90.6 Å². The van der Waals surface area contributed by atoms with Gasteiger partial charge in [-0.15, -0.1) is 0 Å². The molecule has 7 heteroatoms. The lowest BCUT2D eigenvalue weighted by Gasteiger charge is -2.02. The Hall–Kier alpha value is -0.0300. The lowest BCUT2D eigenvalue weighted by molar-refractivity contribution is 0.595. The van der Waals surface area contributed by atoms with Crippen molar-refractivity contribution >= 4 is 44.6 Å². The second-order valence-corrected chi connectivity index (χ2v) is 6.08. The monoisotopic (exact) mass is 259 g/mol. The summed E-state index contributed by atoms with van der Waals surface area (Å²) in [4.78, 5) is 3.57. The molecule has 0 aliphatic carbocycles. The van der Waals surface area contributed by atoms with Gasteiger partial charge in [0.25, 0.3) is 0 Å². The normalized spacial score (nSPS) is 12.0. The Morgan fingerprint density at radius 3 is 2.38 bits per heavy atom. The van der Waals surface area contributed by atoms with Crippen LogP contribution in [0, 0.1) is 0 Å². The first-order valence-electron chi connectivity index (χ1n) is 3.09. The van der Waals surface area contributed by atoms with Crippen molar-refractivity contribution in [1.82, 2.24) is 4.98 Å². The van der Waals surface area contributed by atoms with Gasteiger partial charge in [-0.2, -0.15) is 0 Å². The first-order chi connectivity index (χ1) is 5.94. The van der Waals surface area contributed by atoms with Crippen LogP contribution in [0.4, 0.5) is 0 Å². The number of halogens is 3. The van der Waals surface area contributed by atoms with Crippen LogP contribution in [-0.4, -0.2) is 17.6 Å². The summed E-state index contributed by atoms with van der Waals surface area (Å²) in [6.45, 7) is 0. The molecule has 0 amide bonds. The maximum atomic E-state index is 11.3. The molecule has 1 rings (SSSR count). The van der Waals surface area contributed by atoms with Crippen molar-refractivity contribution in [2.24, 2.45) is 0 Å². The van der Waals surface area contributed by atoms with E-state index in [1.54, 1.807) is 0 Å². The molecule has 72 valence electrons. The molecule has 0 radical (unpaired) electrons. The van der Waals surface area contributed by atoms with Gasteiger partial charge in [-0.1, -0.05) is 40.9 Å². The van der Waals surface area contributed by atoms with Gasteiger partial charge in [0.15, 0.2) is 5.03 Å². The minimum Gasteiger partial charge on any atom is -0.224 e. The molecule has 0 unspecified atom stereocenters. The summed E-state index contributed by atoms with van der Waals surface area (Å²) < 4.78 is 21.1. The predicted molar refractivity (Wildman–Crippen MR) is 51.9 cm³/mol. The molecule has 0 aliphatic rings. The summed E-state index contributed by atoms with van der Waals surface area (Å²) in [5, 5.41) is -0.148. The maximum absolute atomic E-state index is 11.3. The minimum atomic E-state index is -3.76. The molecule has 0 N–H and O–H groups in total. The van der Waals surface area contributed by atoms with Crippen molar-refractivity contribution in [2.75, 3.05) is 0 Å². The Balaban J connectivity index is 3.24. The number of hydrogen-bond donors (Lipinski definition) is 0. The minimum absolute atomic E-state index is 0.0788. The zero-order valence-electron chi connectivity index (χ0n) is 6.12. The van der Waals surface area contributed by atoms with E-state index >= 15 is 0 Å². The van der Waals surface area contributed by atoms with Gasteiger partial charge in [0.1, 0.15) is 5.15 Å². The average Bonchev–Trinajstić information content (AvgIpc) is 2.04. The molecule has 0 aromatic carbocycles. The molecule has 0 fully saturated rings. The second kappa shape index (κ2) is 4.00. The third kappa shape index (κ3) is 2.47. The number of sulfone groups is 1. The van der Waals surface area contributed by atoms with Gasteiger partial charge in [0, 0.05) is 0 Å². The van der Waals surface area contributed by atoms with E-state index in [0.717, 1.165) is 0 Å². The molecular weight excluding hydrogens is 256 g/mol. The third-order valence-electron chi connectivity index (χ3n) is 1.22. The van der Waals surface area contributed by atoms with Crippen LogP contribution in [0.15, 0.2) is 23.2 Å². The molecule has 0 saturated carbocycles. The summed E-state index contributed by atoms with van der Waals surface area (Å²) in [6.07, 6.45) is 0. The van der Waals surface area contributed by atoms with Crippen LogP contribution in [0.2, 0.25) is 5.15 Å². The van der Waals surface area contributed by atoms with E-state index in [0.29, 0.717) is 0 Å². The Morgan fingerprint density at radius 2 is 1.92 bits per heavy atom. The highest BCUT2D eigenvalue weighted by Gasteiger charge is 2.24. The van der Waals surface area contributed by atoms with Crippen molar-refractivity contribution < 1.29 is 8.42 Å². The van der Waals surface area contributed by atoms with E-state index in [9.17, 15) is 8.42 Å². The zero-order chi connectivity index (χ0) is 10.1. The first kappa shape index (κ1) is 11.0. The van der Waals surface area contributed by atoms with Gasteiger partial charge in [0.2, 0.25) is 14.0 Å². The lowest BCUT2D eigenvalue weighted by Crippen LogP contribution is -2.11. The van der Waals surface area contributed by atoms with Crippen LogP contribution in [-0.2, 0) is 9.84 Å². The van der Waals surface area contributed by atoms with Gasteiger partial charge >= 0.3 is 0 Å². The average molecular weight is 261 g/mol. The maximum Gasteiger partial charge on any atom is 0.226 e. The fourth-order valence-electron chi connectivity index (χ4n) is 0.639. The third-order valence-corrected chi connectivity index (χ3v) is 4.11. The number of nitrogens with zero attached hydrogens (tertiary/aromatic N) is 1. The van der Waals surface area contributed by atoms with Crippen LogP contribution in [0.3, 0.4) is 0 Å². The molecule has 1 heterocycles. The quantitative estimate of drug-likeness (QED) is 0.605. The summed E-state index contributed by atoms with van der Waals surface area (Å²) in [5.74, 6) is 0. The van der Waals surface area contributed by atoms with Crippen LogP contribution < -0.4 is 0 Å². The zero-order valence-corrected chi connectivity index (χ0v) is 9.20. The van der Waals surface area contributed by atoms with Gasteiger partial charge in [-0.25, -0.2) is 13.4 Å². The SMILES string of the molecule is O=S(=O)(c1cccc(Cl)n1)C(Cl)Cl. The highest BCUT2D eigenvalue weighted by molar-refractivity contribution is 7.94. The molecule has 1 aromatic rings. The van der Waals surface area contributed by atoms with E-state index in [4.69, 9.17) is 34.8 Å². The molecule has 0 bridgehead atoms. The number of aromatic nitrogens is 1. The number of pyridine rings is 1. The predicted octanol–water partition coefficient (Wildman–Crippen LogP) is 2.27. The van der Waals surface area contributed by atoms with Crippen LogP contribution in [0.1, 0.15) is 0 Å². The smallest absolute Gasteiger partial charge is 0.224 e. The lowest BCUT2D eigenvalue weighted by atomic mass is 10.5. The number of rotatable bonds is 2. The van der Waals surface area contributed by atoms with Crippen molar-refractivity contribution in [3.8, 4) is 0 Å². The Morgan fingerprint density at radius 1 is 1.31 bits per heavy atom. The van der Waals surface area contributed by atoms with Gasteiger partial charge < -0.3 is 0 Å². The van der Waals surface area contributed by atoms with Crippen LogP contribution in [0.25, 0.3) is 0 Å². The second-order valence-electron chi connectivity index (χ2n) is 2.10. The Kier molecular flexibility index (Phi) is 3.40. The molecular formula is C6H4Cl3NO2S. The van der Waals surface area contributed by atoms with Gasteiger partial charge in [-0.3, -0.25) is 0 Å². The molecule has 0 spiro atoms. The first-order valence-corrected chi connectivity index (χ1v) is 5.89. The highest BCUT2D eigenvalue weighted by atomic mass is 35.5. The molecule has 0 saturated heterocycles. The fraction of sp³-hybridized carbons (Fsp3) is 0.167. The number of alkyl halides is 2. The molecule has 0 aliphatic heterocycles.